The summed E-state index contributed by atoms with van der Waals surface area (Å²) in [5.41, 5.74) is 10.1. The van der Waals surface area contributed by atoms with E-state index in [1.165, 1.54) is 0 Å². The molecule has 16 heavy (non-hydrogen) atoms. The molecule has 0 fully saturated rings. The standard InChI is InChI=1S/C11H15N3O2/c1-2-9(8-6-4-3-5-7-8)10(15)13-14-11(12)16/h3-7,9H,2H2,1H3,(H,13,15)(H3,12,14,16). The highest BCUT2D eigenvalue weighted by atomic mass is 16.2. The Bertz CT molecular complexity index is 365. The van der Waals surface area contributed by atoms with Crippen molar-refractivity contribution in [2.24, 2.45) is 5.73 Å². The van der Waals surface area contributed by atoms with Crippen molar-refractivity contribution in [1.82, 2.24) is 10.9 Å². The summed E-state index contributed by atoms with van der Waals surface area (Å²) in [6.45, 7) is 1.90. The molecular formula is C11H15N3O2. The maximum absolute atomic E-state index is 11.7. The number of amides is 3. The number of rotatable bonds is 3. The molecule has 1 aromatic rings. The molecule has 0 bridgehead atoms. The quantitative estimate of drug-likeness (QED) is 0.662. The van der Waals surface area contributed by atoms with Crippen molar-refractivity contribution < 1.29 is 9.59 Å². The van der Waals surface area contributed by atoms with Crippen LogP contribution in [0, 0.1) is 0 Å². The molecular weight excluding hydrogens is 206 g/mol. The number of hydrogen-bond donors (Lipinski definition) is 3. The lowest BCUT2D eigenvalue weighted by atomic mass is 9.96. The highest BCUT2D eigenvalue weighted by molar-refractivity contribution is 5.85. The second-order valence-electron chi connectivity index (χ2n) is 3.35. The molecule has 1 atom stereocenters. The molecule has 86 valence electrons. The first-order valence-corrected chi connectivity index (χ1v) is 5.05. The third-order valence-electron chi connectivity index (χ3n) is 2.24. The Labute approximate surface area is 94.0 Å². The molecule has 0 aromatic heterocycles. The summed E-state index contributed by atoms with van der Waals surface area (Å²) in [6.07, 6.45) is 0.649. The van der Waals surface area contributed by atoms with E-state index in [2.05, 4.69) is 10.9 Å². The van der Waals surface area contributed by atoms with E-state index in [-0.39, 0.29) is 11.8 Å². The molecule has 0 radical (unpaired) electrons. The molecule has 1 rings (SSSR count). The zero-order chi connectivity index (χ0) is 12.0. The summed E-state index contributed by atoms with van der Waals surface area (Å²) in [4.78, 5) is 22.1. The fraction of sp³-hybridized carbons (Fsp3) is 0.273. The van der Waals surface area contributed by atoms with E-state index in [0.29, 0.717) is 6.42 Å². The summed E-state index contributed by atoms with van der Waals surface area (Å²) < 4.78 is 0. The van der Waals surface area contributed by atoms with Crippen LogP contribution < -0.4 is 16.6 Å². The zero-order valence-corrected chi connectivity index (χ0v) is 9.07. The van der Waals surface area contributed by atoms with E-state index in [4.69, 9.17) is 5.73 Å². The average Bonchev–Trinajstić information content (AvgIpc) is 2.29. The lowest BCUT2D eigenvalue weighted by Gasteiger charge is -2.14. The third-order valence-corrected chi connectivity index (χ3v) is 2.24. The van der Waals surface area contributed by atoms with E-state index in [1.54, 1.807) is 0 Å². The van der Waals surface area contributed by atoms with Crippen molar-refractivity contribution in [3.63, 3.8) is 0 Å². The van der Waals surface area contributed by atoms with E-state index in [9.17, 15) is 9.59 Å². The van der Waals surface area contributed by atoms with Gasteiger partial charge in [-0.15, -0.1) is 0 Å². The van der Waals surface area contributed by atoms with Gasteiger partial charge >= 0.3 is 6.03 Å². The summed E-state index contributed by atoms with van der Waals surface area (Å²) in [6, 6.07) is 8.59. The highest BCUT2D eigenvalue weighted by Gasteiger charge is 2.18. The first kappa shape index (κ1) is 12.0. The third kappa shape index (κ3) is 3.27. The zero-order valence-electron chi connectivity index (χ0n) is 9.07. The summed E-state index contributed by atoms with van der Waals surface area (Å²) in [7, 11) is 0. The lowest BCUT2D eigenvalue weighted by Crippen LogP contribution is -2.46. The van der Waals surface area contributed by atoms with Gasteiger partial charge in [-0.3, -0.25) is 10.2 Å². The molecule has 0 aliphatic heterocycles. The molecule has 5 heteroatoms. The predicted molar refractivity (Wildman–Crippen MR) is 60.3 cm³/mol. The minimum Gasteiger partial charge on any atom is -0.350 e. The van der Waals surface area contributed by atoms with Gasteiger partial charge < -0.3 is 5.73 Å². The van der Waals surface area contributed by atoms with Crippen molar-refractivity contribution in [3.05, 3.63) is 35.9 Å². The van der Waals surface area contributed by atoms with Crippen LogP contribution in [0.25, 0.3) is 0 Å². The van der Waals surface area contributed by atoms with Crippen LogP contribution in [0.4, 0.5) is 4.79 Å². The predicted octanol–water partition coefficient (Wildman–Crippen LogP) is 0.880. The first-order valence-electron chi connectivity index (χ1n) is 5.05. The largest absolute Gasteiger partial charge is 0.350 e. The van der Waals surface area contributed by atoms with Crippen LogP contribution in [0.3, 0.4) is 0 Å². The number of urea groups is 1. The fourth-order valence-corrected chi connectivity index (χ4v) is 1.47. The lowest BCUT2D eigenvalue weighted by molar-refractivity contribution is -0.123. The van der Waals surface area contributed by atoms with Crippen LogP contribution >= 0.6 is 0 Å². The van der Waals surface area contributed by atoms with Gasteiger partial charge in [0.2, 0.25) is 5.91 Å². The number of hydrogen-bond acceptors (Lipinski definition) is 2. The molecule has 0 saturated heterocycles. The van der Waals surface area contributed by atoms with E-state index >= 15 is 0 Å². The van der Waals surface area contributed by atoms with Crippen molar-refractivity contribution in [1.29, 1.82) is 0 Å². The van der Waals surface area contributed by atoms with Crippen LogP contribution in [0.2, 0.25) is 0 Å². The number of carbonyl (C=O) groups is 2. The van der Waals surface area contributed by atoms with Gasteiger partial charge in [0, 0.05) is 0 Å². The van der Waals surface area contributed by atoms with Gasteiger partial charge in [-0.25, -0.2) is 10.2 Å². The number of carbonyl (C=O) groups excluding carboxylic acids is 2. The first-order chi connectivity index (χ1) is 7.65. The SMILES string of the molecule is CCC(C(=O)NNC(N)=O)c1ccccc1. The minimum absolute atomic E-state index is 0.271. The second kappa shape index (κ2) is 5.75. The molecule has 3 amide bonds. The van der Waals surface area contributed by atoms with Crippen molar-refractivity contribution >= 4 is 11.9 Å². The Kier molecular flexibility index (Phi) is 4.32. The molecule has 0 heterocycles. The van der Waals surface area contributed by atoms with Crippen molar-refractivity contribution in [3.8, 4) is 0 Å². The van der Waals surface area contributed by atoms with E-state index in [0.717, 1.165) is 5.56 Å². The van der Waals surface area contributed by atoms with Gasteiger partial charge in [-0.05, 0) is 12.0 Å². The van der Waals surface area contributed by atoms with Crippen LogP contribution in [-0.2, 0) is 4.79 Å². The Morgan fingerprint density at radius 1 is 1.25 bits per heavy atom. The summed E-state index contributed by atoms with van der Waals surface area (Å²) >= 11 is 0. The van der Waals surface area contributed by atoms with Crippen molar-refractivity contribution in [2.45, 2.75) is 19.3 Å². The normalized spacial score (nSPS) is 11.6. The van der Waals surface area contributed by atoms with Gasteiger partial charge in [0.1, 0.15) is 0 Å². The highest BCUT2D eigenvalue weighted by Crippen LogP contribution is 2.18. The monoisotopic (exact) mass is 221 g/mol. The van der Waals surface area contributed by atoms with Gasteiger partial charge in [-0.1, -0.05) is 37.3 Å². The molecule has 0 aliphatic carbocycles. The molecule has 4 N–H and O–H groups in total. The Morgan fingerprint density at radius 2 is 1.88 bits per heavy atom. The summed E-state index contributed by atoms with van der Waals surface area (Å²) in [5, 5.41) is 0. The number of hydrazine groups is 1. The minimum atomic E-state index is -0.781. The van der Waals surface area contributed by atoms with Crippen LogP contribution in [0.5, 0.6) is 0 Å². The van der Waals surface area contributed by atoms with Crippen LogP contribution in [-0.4, -0.2) is 11.9 Å². The van der Waals surface area contributed by atoms with E-state index < -0.39 is 6.03 Å². The van der Waals surface area contributed by atoms with Gasteiger partial charge in [0.15, 0.2) is 0 Å². The molecule has 0 saturated carbocycles. The topological polar surface area (TPSA) is 84.2 Å². The van der Waals surface area contributed by atoms with Gasteiger partial charge in [-0.2, -0.15) is 0 Å². The molecule has 5 nitrogen and oxygen atoms in total. The number of nitrogens with two attached hydrogens (primary N) is 1. The summed E-state index contributed by atoms with van der Waals surface area (Å²) in [5.74, 6) is -0.555. The van der Waals surface area contributed by atoms with Gasteiger partial charge in [0.25, 0.3) is 0 Å². The van der Waals surface area contributed by atoms with Crippen LogP contribution in [0.15, 0.2) is 30.3 Å². The maximum Gasteiger partial charge on any atom is 0.330 e. The molecule has 0 spiro atoms. The fourth-order valence-electron chi connectivity index (χ4n) is 1.47. The number of benzene rings is 1. The van der Waals surface area contributed by atoms with Gasteiger partial charge in [0.05, 0.1) is 5.92 Å². The average molecular weight is 221 g/mol. The van der Waals surface area contributed by atoms with Crippen molar-refractivity contribution in [2.75, 3.05) is 0 Å². The van der Waals surface area contributed by atoms with Crippen LogP contribution in [0.1, 0.15) is 24.8 Å². The molecule has 1 unspecified atom stereocenters. The van der Waals surface area contributed by atoms with E-state index in [1.807, 2.05) is 37.3 Å². The molecule has 1 aromatic carbocycles. The maximum atomic E-state index is 11.7. The number of primary amides is 1. The Balaban J connectivity index is 2.68. The Morgan fingerprint density at radius 3 is 2.38 bits per heavy atom. The Hall–Kier alpha value is -2.04. The smallest absolute Gasteiger partial charge is 0.330 e. The second-order valence-corrected chi connectivity index (χ2v) is 3.35. The molecule has 0 aliphatic rings. The number of nitrogens with one attached hydrogen (secondary N) is 2.